The van der Waals surface area contributed by atoms with Crippen molar-refractivity contribution in [2.45, 2.75) is 0 Å². The second-order valence-corrected chi connectivity index (χ2v) is 6.27. The fraction of sp³-hybridized carbons (Fsp3) is 0.211. The van der Waals surface area contributed by atoms with Gasteiger partial charge in [0.05, 0.1) is 11.5 Å². The molecule has 3 N–H and O–H groups in total. The smallest absolute Gasteiger partial charge is 0.276 e. The van der Waals surface area contributed by atoms with Gasteiger partial charge in [0.15, 0.2) is 11.7 Å². The van der Waals surface area contributed by atoms with Gasteiger partial charge in [-0.15, -0.1) is 0 Å². The molecule has 0 aliphatic rings. The summed E-state index contributed by atoms with van der Waals surface area (Å²) in [5, 5.41) is 12.9. The lowest BCUT2D eigenvalue weighted by molar-refractivity contribution is -0.384. The number of benzene rings is 2. The molecule has 0 heterocycles. The van der Waals surface area contributed by atoms with Gasteiger partial charge >= 0.3 is 0 Å². The summed E-state index contributed by atoms with van der Waals surface area (Å²) in [5.41, 5.74) is 4.90. The fourth-order valence-corrected chi connectivity index (χ4v) is 2.27. The third-order valence-corrected chi connectivity index (χ3v) is 3.84. The molecule has 2 amide bonds. The molecular weight excluding hydrogens is 428 g/mol. The molecule has 12 heteroatoms. The van der Waals surface area contributed by atoms with Crippen molar-refractivity contribution in [1.82, 2.24) is 16.2 Å². The largest absolute Gasteiger partial charge is 0.491 e. The van der Waals surface area contributed by atoms with Crippen molar-refractivity contribution < 1.29 is 28.7 Å². The van der Waals surface area contributed by atoms with Crippen LogP contribution in [-0.4, -0.2) is 48.8 Å². The molecule has 11 nitrogen and oxygen atoms in total. The van der Waals surface area contributed by atoms with Crippen LogP contribution in [0.1, 0.15) is 10.4 Å². The van der Waals surface area contributed by atoms with E-state index in [2.05, 4.69) is 16.2 Å². The SMILES string of the molecule is COCCOc1ccc(C(=O)NC(=S)NNC(=O)COc2ccc([N+](=O)[O-])cc2)cc1. The summed E-state index contributed by atoms with van der Waals surface area (Å²) < 4.78 is 15.5. The Morgan fingerprint density at radius 1 is 0.968 bits per heavy atom. The summed E-state index contributed by atoms with van der Waals surface area (Å²) in [4.78, 5) is 34.0. The van der Waals surface area contributed by atoms with E-state index >= 15 is 0 Å². The number of non-ortho nitro benzene ring substituents is 1. The van der Waals surface area contributed by atoms with Gasteiger partial charge in [0.2, 0.25) is 0 Å². The van der Waals surface area contributed by atoms with Crippen LogP contribution in [0.25, 0.3) is 0 Å². The van der Waals surface area contributed by atoms with E-state index in [1.165, 1.54) is 24.3 Å². The molecule has 2 aromatic rings. The highest BCUT2D eigenvalue weighted by atomic mass is 32.1. The normalized spacial score (nSPS) is 9.97. The average molecular weight is 448 g/mol. The average Bonchev–Trinajstić information content (AvgIpc) is 2.77. The molecule has 164 valence electrons. The van der Waals surface area contributed by atoms with Crippen molar-refractivity contribution in [3.63, 3.8) is 0 Å². The lowest BCUT2D eigenvalue weighted by atomic mass is 10.2. The van der Waals surface area contributed by atoms with Crippen LogP contribution in [0.3, 0.4) is 0 Å². The fourth-order valence-electron chi connectivity index (χ4n) is 2.13. The van der Waals surface area contributed by atoms with Gasteiger partial charge in [0, 0.05) is 24.8 Å². The number of thiocarbonyl (C=S) groups is 1. The lowest BCUT2D eigenvalue weighted by Gasteiger charge is -2.12. The summed E-state index contributed by atoms with van der Waals surface area (Å²) in [7, 11) is 1.57. The Morgan fingerprint density at radius 2 is 1.58 bits per heavy atom. The van der Waals surface area contributed by atoms with E-state index in [1.54, 1.807) is 31.4 Å². The van der Waals surface area contributed by atoms with Gasteiger partial charge < -0.3 is 14.2 Å². The van der Waals surface area contributed by atoms with Crippen LogP contribution in [0.4, 0.5) is 5.69 Å². The van der Waals surface area contributed by atoms with E-state index in [0.29, 0.717) is 24.5 Å². The zero-order valence-corrected chi connectivity index (χ0v) is 17.3. The Bertz CT molecular complexity index is 920. The van der Waals surface area contributed by atoms with Crippen molar-refractivity contribution in [3.05, 3.63) is 64.2 Å². The Balaban J connectivity index is 1.71. The van der Waals surface area contributed by atoms with Crippen molar-refractivity contribution in [3.8, 4) is 11.5 Å². The predicted octanol–water partition coefficient (Wildman–Crippen LogP) is 1.33. The minimum absolute atomic E-state index is 0.0900. The number of carbonyl (C=O) groups is 2. The molecule has 0 unspecified atom stereocenters. The molecule has 0 aliphatic heterocycles. The summed E-state index contributed by atoms with van der Waals surface area (Å²) in [6, 6.07) is 11.7. The van der Waals surface area contributed by atoms with Crippen LogP contribution in [0, 0.1) is 10.1 Å². The second-order valence-electron chi connectivity index (χ2n) is 5.86. The molecule has 2 aromatic carbocycles. The molecule has 0 aromatic heterocycles. The van der Waals surface area contributed by atoms with Crippen LogP contribution in [0.15, 0.2) is 48.5 Å². The minimum atomic E-state index is -0.576. The van der Waals surface area contributed by atoms with Gasteiger partial charge in [-0.1, -0.05) is 0 Å². The highest BCUT2D eigenvalue weighted by Gasteiger charge is 2.10. The Hall–Kier alpha value is -3.77. The lowest BCUT2D eigenvalue weighted by Crippen LogP contribution is -2.49. The van der Waals surface area contributed by atoms with E-state index in [4.69, 9.17) is 26.4 Å². The Kier molecular flexibility index (Phi) is 9.13. The Labute approximate surface area is 182 Å². The van der Waals surface area contributed by atoms with Crippen molar-refractivity contribution in [2.24, 2.45) is 0 Å². The third kappa shape index (κ3) is 8.24. The molecule has 0 saturated carbocycles. The minimum Gasteiger partial charge on any atom is -0.491 e. The number of hydrogen-bond donors (Lipinski definition) is 3. The zero-order valence-electron chi connectivity index (χ0n) is 16.5. The number of methoxy groups -OCH3 is 1. The first kappa shape index (κ1) is 23.5. The molecular formula is C19H20N4O7S. The molecule has 31 heavy (non-hydrogen) atoms. The molecule has 2 rings (SSSR count). The van der Waals surface area contributed by atoms with E-state index in [1.807, 2.05) is 0 Å². The number of hydrazine groups is 1. The summed E-state index contributed by atoms with van der Waals surface area (Å²) in [6.07, 6.45) is 0. The molecule has 0 saturated heterocycles. The van der Waals surface area contributed by atoms with Crippen molar-refractivity contribution in [1.29, 1.82) is 0 Å². The number of ether oxygens (including phenoxy) is 3. The van der Waals surface area contributed by atoms with E-state index in [-0.39, 0.29) is 23.2 Å². The number of carbonyl (C=O) groups excluding carboxylic acids is 2. The number of amides is 2. The van der Waals surface area contributed by atoms with Crippen LogP contribution in [0.2, 0.25) is 0 Å². The van der Waals surface area contributed by atoms with E-state index < -0.39 is 16.7 Å². The van der Waals surface area contributed by atoms with Gasteiger partial charge in [-0.05, 0) is 48.6 Å². The van der Waals surface area contributed by atoms with Crippen LogP contribution < -0.4 is 25.6 Å². The maximum absolute atomic E-state index is 12.2. The van der Waals surface area contributed by atoms with Crippen molar-refractivity contribution in [2.75, 3.05) is 26.9 Å². The molecule has 0 aliphatic carbocycles. The number of nitro groups is 1. The molecule has 0 radical (unpaired) electrons. The van der Waals surface area contributed by atoms with Gasteiger partial charge in [0.25, 0.3) is 17.5 Å². The van der Waals surface area contributed by atoms with E-state index in [9.17, 15) is 19.7 Å². The number of nitrogens with one attached hydrogen (secondary N) is 3. The summed E-state index contributed by atoms with van der Waals surface area (Å²) in [6.45, 7) is 0.475. The van der Waals surface area contributed by atoms with Gasteiger partial charge in [-0.25, -0.2) is 0 Å². The van der Waals surface area contributed by atoms with Gasteiger partial charge in [-0.3, -0.25) is 35.9 Å². The van der Waals surface area contributed by atoms with Gasteiger partial charge in [-0.2, -0.15) is 0 Å². The van der Waals surface area contributed by atoms with Crippen LogP contribution >= 0.6 is 12.2 Å². The number of rotatable bonds is 9. The Morgan fingerprint density at radius 3 is 2.19 bits per heavy atom. The highest BCUT2D eigenvalue weighted by Crippen LogP contribution is 2.17. The van der Waals surface area contributed by atoms with E-state index in [0.717, 1.165) is 0 Å². The number of nitrogens with zero attached hydrogens (tertiary/aromatic N) is 1. The first-order valence-electron chi connectivity index (χ1n) is 8.88. The maximum atomic E-state index is 12.2. The standard InChI is InChI=1S/C19H20N4O7S/c1-28-10-11-29-15-6-2-13(3-7-15)18(25)20-19(31)22-21-17(24)12-30-16-8-4-14(5-9-16)23(26)27/h2-9H,10-12H2,1H3,(H,21,24)(H2,20,22,25,31). The molecule has 0 bridgehead atoms. The zero-order chi connectivity index (χ0) is 22.6. The number of hydrogen-bond acceptors (Lipinski definition) is 8. The van der Waals surface area contributed by atoms with Crippen LogP contribution in [-0.2, 0) is 9.53 Å². The van der Waals surface area contributed by atoms with Crippen LogP contribution in [0.5, 0.6) is 11.5 Å². The predicted molar refractivity (Wildman–Crippen MR) is 114 cm³/mol. The molecule has 0 spiro atoms. The number of nitro benzene ring substituents is 1. The monoisotopic (exact) mass is 448 g/mol. The summed E-state index contributed by atoms with van der Waals surface area (Å²) in [5.74, 6) is -0.175. The first-order valence-corrected chi connectivity index (χ1v) is 9.29. The maximum Gasteiger partial charge on any atom is 0.276 e. The van der Waals surface area contributed by atoms with Gasteiger partial charge in [0.1, 0.15) is 18.1 Å². The quantitative estimate of drug-likeness (QED) is 0.224. The summed E-state index contributed by atoms with van der Waals surface area (Å²) >= 11 is 4.96. The third-order valence-electron chi connectivity index (χ3n) is 3.63. The topological polar surface area (TPSA) is 141 Å². The first-order chi connectivity index (χ1) is 14.9. The second kappa shape index (κ2) is 12.0. The highest BCUT2D eigenvalue weighted by molar-refractivity contribution is 7.80. The molecule has 0 fully saturated rings. The molecule has 0 atom stereocenters. The van der Waals surface area contributed by atoms with Crippen molar-refractivity contribution >= 4 is 34.8 Å².